The van der Waals surface area contributed by atoms with Gasteiger partial charge in [-0.25, -0.2) is 4.98 Å². The molecule has 0 bridgehead atoms. The zero-order valence-electron chi connectivity index (χ0n) is 15.2. The maximum atomic E-state index is 6.06. The Hall–Kier alpha value is -2.80. The Balaban J connectivity index is 0.00000243. The van der Waals surface area contributed by atoms with E-state index in [0.717, 1.165) is 39.3 Å². The first-order chi connectivity index (χ1) is 11.9. The van der Waals surface area contributed by atoms with Gasteiger partial charge in [-0.3, -0.25) is 0 Å². The number of methoxy groups -OCH3 is 2. The van der Waals surface area contributed by atoms with Crippen LogP contribution in [0.1, 0.15) is 22.4 Å². The van der Waals surface area contributed by atoms with Crippen molar-refractivity contribution in [3.8, 4) is 11.5 Å². The molecular formula is C18H22ClN5O2. The van der Waals surface area contributed by atoms with Gasteiger partial charge in [0.25, 0.3) is 0 Å². The van der Waals surface area contributed by atoms with E-state index in [-0.39, 0.29) is 18.4 Å². The van der Waals surface area contributed by atoms with Gasteiger partial charge in [-0.05, 0) is 43.2 Å². The molecule has 0 saturated carbocycles. The predicted octanol–water partition coefficient (Wildman–Crippen LogP) is 2.84. The smallest absolute Gasteiger partial charge is 0.224 e. The number of anilines is 2. The standard InChI is InChI=1S/C18H21N5O2.ClH/c1-9-13(8-11-7-12(24-3)5-6-14(11)25-4)10(2)21-17-15(9)16(19)22-18(20)23-17;/h5-7H,8H2,1-4H3,(H4,19,20,21,22,23);1H. The van der Waals surface area contributed by atoms with Crippen LogP contribution in [0.4, 0.5) is 11.8 Å². The molecular weight excluding hydrogens is 354 g/mol. The maximum absolute atomic E-state index is 6.06. The number of nitrogens with two attached hydrogens (primary N) is 2. The molecule has 0 spiro atoms. The monoisotopic (exact) mass is 375 g/mol. The Morgan fingerprint density at radius 3 is 2.38 bits per heavy atom. The third kappa shape index (κ3) is 3.43. The van der Waals surface area contributed by atoms with Gasteiger partial charge in [-0.1, -0.05) is 0 Å². The van der Waals surface area contributed by atoms with Gasteiger partial charge in [-0.2, -0.15) is 9.97 Å². The van der Waals surface area contributed by atoms with Crippen molar-refractivity contribution in [2.24, 2.45) is 0 Å². The second kappa shape index (κ2) is 7.61. The van der Waals surface area contributed by atoms with E-state index in [1.54, 1.807) is 14.2 Å². The molecule has 3 rings (SSSR count). The van der Waals surface area contributed by atoms with E-state index in [2.05, 4.69) is 15.0 Å². The highest BCUT2D eigenvalue weighted by atomic mass is 35.5. The summed E-state index contributed by atoms with van der Waals surface area (Å²) in [4.78, 5) is 12.8. The molecule has 2 heterocycles. The molecule has 26 heavy (non-hydrogen) atoms. The highest BCUT2D eigenvalue weighted by Gasteiger charge is 2.16. The van der Waals surface area contributed by atoms with Gasteiger partial charge in [0.2, 0.25) is 5.95 Å². The van der Waals surface area contributed by atoms with Crippen molar-refractivity contribution in [2.75, 3.05) is 25.7 Å². The zero-order chi connectivity index (χ0) is 18.1. The molecule has 0 aliphatic carbocycles. The number of hydrogen-bond donors (Lipinski definition) is 2. The molecule has 0 aliphatic rings. The lowest BCUT2D eigenvalue weighted by Gasteiger charge is -2.15. The highest BCUT2D eigenvalue weighted by Crippen LogP contribution is 2.31. The van der Waals surface area contributed by atoms with Crippen LogP contribution in [0.5, 0.6) is 11.5 Å². The molecule has 0 atom stereocenters. The Morgan fingerprint density at radius 1 is 1.00 bits per heavy atom. The van der Waals surface area contributed by atoms with Crippen molar-refractivity contribution in [1.82, 2.24) is 15.0 Å². The van der Waals surface area contributed by atoms with Crippen LogP contribution in [0.15, 0.2) is 18.2 Å². The van der Waals surface area contributed by atoms with E-state index in [0.29, 0.717) is 17.9 Å². The molecule has 4 N–H and O–H groups in total. The van der Waals surface area contributed by atoms with Gasteiger partial charge in [0.15, 0.2) is 5.65 Å². The van der Waals surface area contributed by atoms with Gasteiger partial charge in [0, 0.05) is 17.7 Å². The largest absolute Gasteiger partial charge is 0.497 e. The third-order valence-corrected chi connectivity index (χ3v) is 4.33. The second-order valence-electron chi connectivity index (χ2n) is 5.82. The molecule has 0 unspecified atom stereocenters. The number of nitrogens with zero attached hydrogens (tertiary/aromatic N) is 3. The second-order valence-corrected chi connectivity index (χ2v) is 5.82. The molecule has 0 fully saturated rings. The zero-order valence-corrected chi connectivity index (χ0v) is 16.0. The molecule has 0 amide bonds. The Labute approximate surface area is 158 Å². The number of ether oxygens (including phenoxy) is 2. The SMILES string of the molecule is COc1ccc(OC)c(Cc2c(C)nc3nc(N)nc(N)c3c2C)c1.Cl. The van der Waals surface area contributed by atoms with Crippen LogP contribution >= 0.6 is 12.4 Å². The van der Waals surface area contributed by atoms with Crippen LogP contribution in [-0.4, -0.2) is 29.2 Å². The molecule has 7 nitrogen and oxygen atoms in total. The molecule has 3 aromatic rings. The lowest BCUT2D eigenvalue weighted by Crippen LogP contribution is -2.07. The maximum Gasteiger partial charge on any atom is 0.224 e. The van der Waals surface area contributed by atoms with Crippen molar-refractivity contribution in [2.45, 2.75) is 20.3 Å². The first-order valence-corrected chi connectivity index (χ1v) is 7.84. The first kappa shape index (κ1) is 19.5. The van der Waals surface area contributed by atoms with Crippen LogP contribution in [0, 0.1) is 13.8 Å². The average molecular weight is 376 g/mol. The van der Waals surface area contributed by atoms with E-state index in [1.807, 2.05) is 32.0 Å². The number of halogens is 1. The number of pyridine rings is 1. The minimum Gasteiger partial charge on any atom is -0.497 e. The van der Waals surface area contributed by atoms with E-state index in [1.165, 1.54) is 0 Å². The van der Waals surface area contributed by atoms with Gasteiger partial charge in [0.05, 0.1) is 19.6 Å². The summed E-state index contributed by atoms with van der Waals surface area (Å²) < 4.78 is 10.8. The predicted molar refractivity (Wildman–Crippen MR) is 105 cm³/mol. The molecule has 8 heteroatoms. The molecule has 2 aromatic heterocycles. The van der Waals surface area contributed by atoms with E-state index < -0.39 is 0 Å². The van der Waals surface area contributed by atoms with E-state index >= 15 is 0 Å². The van der Waals surface area contributed by atoms with Crippen molar-refractivity contribution in [3.63, 3.8) is 0 Å². The number of rotatable bonds is 4. The summed E-state index contributed by atoms with van der Waals surface area (Å²) in [7, 11) is 3.29. The molecule has 0 radical (unpaired) electrons. The normalized spacial score (nSPS) is 10.5. The quantitative estimate of drug-likeness (QED) is 0.721. The van der Waals surface area contributed by atoms with Crippen LogP contribution < -0.4 is 20.9 Å². The number of nitrogen functional groups attached to an aromatic ring is 2. The summed E-state index contributed by atoms with van der Waals surface area (Å²) >= 11 is 0. The van der Waals surface area contributed by atoms with Crippen LogP contribution in [0.2, 0.25) is 0 Å². The number of hydrogen-bond acceptors (Lipinski definition) is 7. The van der Waals surface area contributed by atoms with Crippen LogP contribution in [0.25, 0.3) is 11.0 Å². The Bertz CT molecular complexity index is 962. The van der Waals surface area contributed by atoms with Gasteiger partial charge in [0.1, 0.15) is 17.3 Å². The van der Waals surface area contributed by atoms with Crippen molar-refractivity contribution >= 4 is 35.2 Å². The summed E-state index contributed by atoms with van der Waals surface area (Å²) in [5.74, 6) is 2.03. The highest BCUT2D eigenvalue weighted by molar-refractivity contribution is 5.90. The Morgan fingerprint density at radius 2 is 1.73 bits per heavy atom. The number of fused-ring (bicyclic) bond motifs is 1. The van der Waals surface area contributed by atoms with Crippen molar-refractivity contribution in [1.29, 1.82) is 0 Å². The lowest BCUT2D eigenvalue weighted by molar-refractivity contribution is 0.399. The molecule has 0 aliphatic heterocycles. The molecule has 0 saturated heterocycles. The number of benzene rings is 1. The fourth-order valence-electron chi connectivity index (χ4n) is 3.04. The topological polar surface area (TPSA) is 109 Å². The summed E-state index contributed by atoms with van der Waals surface area (Å²) in [6, 6.07) is 5.73. The summed E-state index contributed by atoms with van der Waals surface area (Å²) in [5, 5.41) is 0.733. The van der Waals surface area contributed by atoms with Crippen LogP contribution in [-0.2, 0) is 6.42 Å². The lowest BCUT2D eigenvalue weighted by atomic mass is 9.96. The minimum atomic E-state index is 0. The van der Waals surface area contributed by atoms with Gasteiger partial charge < -0.3 is 20.9 Å². The van der Waals surface area contributed by atoms with Crippen molar-refractivity contribution in [3.05, 3.63) is 40.6 Å². The number of aryl methyl sites for hydroxylation is 2. The summed E-state index contributed by atoms with van der Waals surface area (Å²) in [5.41, 5.74) is 16.2. The molecule has 1 aromatic carbocycles. The van der Waals surface area contributed by atoms with Crippen LogP contribution in [0.3, 0.4) is 0 Å². The fourth-order valence-corrected chi connectivity index (χ4v) is 3.04. The van der Waals surface area contributed by atoms with E-state index in [4.69, 9.17) is 20.9 Å². The summed E-state index contributed by atoms with van der Waals surface area (Å²) in [6.45, 7) is 3.94. The molecule has 138 valence electrons. The fraction of sp³-hybridized carbons (Fsp3) is 0.278. The third-order valence-electron chi connectivity index (χ3n) is 4.33. The first-order valence-electron chi connectivity index (χ1n) is 7.84. The minimum absolute atomic E-state index is 0. The Kier molecular flexibility index (Phi) is 5.72. The van der Waals surface area contributed by atoms with E-state index in [9.17, 15) is 0 Å². The summed E-state index contributed by atoms with van der Waals surface area (Å²) in [6.07, 6.45) is 0.630. The van der Waals surface area contributed by atoms with Gasteiger partial charge in [-0.15, -0.1) is 12.4 Å². The number of aromatic nitrogens is 3. The average Bonchev–Trinajstić information content (AvgIpc) is 2.57. The van der Waals surface area contributed by atoms with Crippen molar-refractivity contribution < 1.29 is 9.47 Å². The van der Waals surface area contributed by atoms with Gasteiger partial charge >= 0.3 is 0 Å².